The Morgan fingerprint density at radius 3 is 2.17 bits per heavy atom. The van der Waals surface area contributed by atoms with Crippen LogP contribution in [0.2, 0.25) is 0 Å². The molecule has 4 heteroatoms. The molecule has 0 amide bonds. The van der Waals surface area contributed by atoms with E-state index in [1.807, 2.05) is 0 Å². The summed E-state index contributed by atoms with van der Waals surface area (Å²) in [4.78, 5) is 10.8. The van der Waals surface area contributed by atoms with E-state index in [1.165, 1.54) is 28.5 Å². The third-order valence-corrected chi connectivity index (χ3v) is 3.70. The van der Waals surface area contributed by atoms with E-state index in [-0.39, 0.29) is 5.97 Å². The van der Waals surface area contributed by atoms with Crippen LogP contribution in [0.3, 0.4) is 0 Å². The van der Waals surface area contributed by atoms with Gasteiger partial charge in [-0.2, -0.15) is 5.10 Å². The molecule has 2 aromatic carbocycles. The molecule has 0 bridgehead atoms. The van der Waals surface area contributed by atoms with Gasteiger partial charge in [0, 0.05) is 6.20 Å². The predicted octanol–water partition coefficient (Wildman–Crippen LogP) is 3.84. The Hall–Kier alpha value is -2.88. The molecular formula is C19H18N2O2. The van der Waals surface area contributed by atoms with Crippen LogP contribution < -0.4 is 0 Å². The smallest absolute Gasteiger partial charge is 0.356 e. The fourth-order valence-electron chi connectivity index (χ4n) is 2.66. The fourth-order valence-corrected chi connectivity index (χ4v) is 2.66. The number of nitrogens with zero attached hydrogens (tertiary/aromatic N) is 1. The van der Waals surface area contributed by atoms with Crippen LogP contribution in [0.5, 0.6) is 0 Å². The van der Waals surface area contributed by atoms with Gasteiger partial charge in [-0.1, -0.05) is 48.5 Å². The van der Waals surface area contributed by atoms with Gasteiger partial charge in [0.05, 0.1) is 6.61 Å². The molecule has 0 atom stereocenters. The van der Waals surface area contributed by atoms with Gasteiger partial charge in [0.25, 0.3) is 0 Å². The van der Waals surface area contributed by atoms with Crippen LogP contribution in [-0.2, 0) is 11.2 Å². The second-order valence-electron chi connectivity index (χ2n) is 5.18. The first-order chi connectivity index (χ1) is 11.3. The number of carbonyl (C=O) groups is 1. The monoisotopic (exact) mass is 306 g/mol. The van der Waals surface area contributed by atoms with Crippen molar-refractivity contribution in [3.05, 3.63) is 77.6 Å². The molecule has 3 aromatic rings. The number of benzene rings is 2. The number of ether oxygens (including phenoxy) is 1. The highest BCUT2D eigenvalue weighted by atomic mass is 16.5. The van der Waals surface area contributed by atoms with E-state index < -0.39 is 0 Å². The van der Waals surface area contributed by atoms with E-state index in [0.29, 0.717) is 12.3 Å². The van der Waals surface area contributed by atoms with Crippen molar-refractivity contribution in [2.24, 2.45) is 0 Å². The highest BCUT2D eigenvalue weighted by Gasteiger charge is 2.15. The molecule has 0 aliphatic heterocycles. The van der Waals surface area contributed by atoms with Crippen molar-refractivity contribution in [3.8, 4) is 11.1 Å². The first-order valence-corrected chi connectivity index (χ1v) is 7.62. The molecule has 0 radical (unpaired) electrons. The summed E-state index contributed by atoms with van der Waals surface area (Å²) in [6.07, 6.45) is 2.61. The number of nitrogens with one attached hydrogen (secondary N) is 1. The van der Waals surface area contributed by atoms with Gasteiger partial charge in [0.1, 0.15) is 5.69 Å². The van der Waals surface area contributed by atoms with E-state index in [1.54, 1.807) is 13.0 Å². The molecule has 0 unspecified atom stereocenters. The van der Waals surface area contributed by atoms with Gasteiger partial charge >= 0.3 is 5.97 Å². The van der Waals surface area contributed by atoms with Crippen molar-refractivity contribution in [1.29, 1.82) is 0 Å². The minimum Gasteiger partial charge on any atom is -0.461 e. The van der Waals surface area contributed by atoms with Crippen molar-refractivity contribution in [2.75, 3.05) is 6.61 Å². The summed E-state index contributed by atoms with van der Waals surface area (Å²) in [5.74, 6) is -0.361. The molecule has 1 aliphatic rings. The number of esters is 1. The third kappa shape index (κ3) is 3.31. The molecule has 1 N–H and O–H groups in total. The average molecular weight is 306 g/mol. The first-order valence-electron chi connectivity index (χ1n) is 7.62. The lowest BCUT2D eigenvalue weighted by molar-refractivity contribution is 0.0519. The van der Waals surface area contributed by atoms with E-state index >= 15 is 0 Å². The van der Waals surface area contributed by atoms with Crippen LogP contribution >= 0.6 is 0 Å². The standard InChI is InChI=1S/C13H10.C6H8N2O2/c1-3-7-12-10(5-1)9-11-6-2-4-8-13(11)12;1-2-10-6(9)5-3-4-7-8-5/h1-8H,9H2;3-4H,2H2,1H3,(H,7,8). The number of aromatic amines is 1. The van der Waals surface area contributed by atoms with Gasteiger partial charge in [-0.15, -0.1) is 0 Å². The summed E-state index contributed by atoms with van der Waals surface area (Å²) in [5, 5.41) is 6.10. The quantitative estimate of drug-likeness (QED) is 0.572. The normalized spacial score (nSPS) is 11.0. The lowest BCUT2D eigenvalue weighted by Gasteiger charge is -1.98. The molecule has 4 nitrogen and oxygen atoms in total. The molecular weight excluding hydrogens is 288 g/mol. The Morgan fingerprint density at radius 2 is 1.65 bits per heavy atom. The topological polar surface area (TPSA) is 55.0 Å². The van der Waals surface area contributed by atoms with Crippen molar-refractivity contribution in [3.63, 3.8) is 0 Å². The van der Waals surface area contributed by atoms with Gasteiger partial charge < -0.3 is 4.74 Å². The molecule has 116 valence electrons. The van der Waals surface area contributed by atoms with E-state index in [9.17, 15) is 4.79 Å². The zero-order chi connectivity index (χ0) is 16.1. The Morgan fingerprint density at radius 1 is 1.04 bits per heavy atom. The lowest BCUT2D eigenvalue weighted by Crippen LogP contribution is -2.04. The summed E-state index contributed by atoms with van der Waals surface area (Å²) in [7, 11) is 0. The van der Waals surface area contributed by atoms with Crippen LogP contribution in [0.25, 0.3) is 11.1 Å². The molecule has 0 saturated carbocycles. The number of rotatable bonds is 2. The van der Waals surface area contributed by atoms with Crippen LogP contribution in [-0.4, -0.2) is 22.8 Å². The lowest BCUT2D eigenvalue weighted by atomic mass is 10.1. The number of aromatic nitrogens is 2. The van der Waals surface area contributed by atoms with Crippen LogP contribution in [0.4, 0.5) is 0 Å². The minimum absolute atomic E-state index is 0.361. The molecule has 1 heterocycles. The van der Waals surface area contributed by atoms with Crippen LogP contribution in [0, 0.1) is 0 Å². The van der Waals surface area contributed by atoms with Crippen molar-refractivity contribution < 1.29 is 9.53 Å². The predicted molar refractivity (Wildman–Crippen MR) is 89.2 cm³/mol. The van der Waals surface area contributed by atoms with Crippen LogP contribution in [0.15, 0.2) is 60.8 Å². The SMILES string of the molecule is CCOC(=O)c1ccn[nH]1.c1ccc2c(c1)Cc1ccccc1-2. The highest BCUT2D eigenvalue weighted by molar-refractivity contribution is 5.86. The second-order valence-corrected chi connectivity index (χ2v) is 5.18. The Kier molecular flexibility index (Phi) is 4.52. The molecule has 1 aliphatic carbocycles. The molecule has 4 rings (SSSR count). The largest absolute Gasteiger partial charge is 0.461 e. The maximum Gasteiger partial charge on any atom is 0.356 e. The molecule has 0 spiro atoms. The fraction of sp³-hybridized carbons (Fsp3) is 0.158. The zero-order valence-corrected chi connectivity index (χ0v) is 13.0. The van der Waals surface area contributed by atoms with Gasteiger partial charge in [0.2, 0.25) is 0 Å². The Labute approximate surface area is 135 Å². The first kappa shape index (κ1) is 15.0. The van der Waals surface area contributed by atoms with Crippen LogP contribution in [0.1, 0.15) is 28.5 Å². The summed E-state index contributed by atoms with van der Waals surface area (Å²) >= 11 is 0. The number of H-pyrrole nitrogens is 1. The molecule has 1 aromatic heterocycles. The summed E-state index contributed by atoms with van der Waals surface area (Å²) in [5.41, 5.74) is 6.14. The number of fused-ring (bicyclic) bond motifs is 3. The highest BCUT2D eigenvalue weighted by Crippen LogP contribution is 2.35. The van der Waals surface area contributed by atoms with Crippen molar-refractivity contribution in [2.45, 2.75) is 13.3 Å². The Bertz CT molecular complexity index is 751. The minimum atomic E-state index is -0.361. The maximum atomic E-state index is 10.8. The van der Waals surface area contributed by atoms with Gasteiger partial charge in [0.15, 0.2) is 0 Å². The second kappa shape index (κ2) is 6.92. The molecule has 0 fully saturated rings. The number of hydrogen-bond donors (Lipinski definition) is 1. The average Bonchev–Trinajstić information content (AvgIpc) is 3.23. The van der Waals surface area contributed by atoms with E-state index in [4.69, 9.17) is 0 Å². The summed E-state index contributed by atoms with van der Waals surface area (Å²) in [6, 6.07) is 18.9. The number of hydrogen-bond acceptors (Lipinski definition) is 3. The summed E-state index contributed by atoms with van der Waals surface area (Å²) in [6.45, 7) is 2.14. The van der Waals surface area contributed by atoms with Gasteiger partial charge in [-0.3, -0.25) is 5.10 Å². The molecule has 0 saturated heterocycles. The Balaban J connectivity index is 0.000000142. The zero-order valence-electron chi connectivity index (χ0n) is 13.0. The van der Waals surface area contributed by atoms with E-state index in [2.05, 4.69) is 63.5 Å². The van der Waals surface area contributed by atoms with Gasteiger partial charge in [-0.25, -0.2) is 4.79 Å². The van der Waals surface area contributed by atoms with Crippen molar-refractivity contribution in [1.82, 2.24) is 10.2 Å². The molecule has 23 heavy (non-hydrogen) atoms. The number of carbonyl (C=O) groups excluding carboxylic acids is 1. The van der Waals surface area contributed by atoms with Crippen molar-refractivity contribution >= 4 is 5.97 Å². The van der Waals surface area contributed by atoms with Gasteiger partial charge in [-0.05, 0) is 41.7 Å². The third-order valence-electron chi connectivity index (χ3n) is 3.70. The van der Waals surface area contributed by atoms with E-state index in [0.717, 1.165) is 6.42 Å². The summed E-state index contributed by atoms with van der Waals surface area (Å²) < 4.78 is 4.68. The maximum absolute atomic E-state index is 10.8.